The monoisotopic (exact) mass is 359 g/mol. The first-order valence-electron chi connectivity index (χ1n) is 8.68. The summed E-state index contributed by atoms with van der Waals surface area (Å²) in [5, 5.41) is 12.1. The van der Waals surface area contributed by atoms with Crippen LogP contribution >= 0.6 is 11.3 Å². The summed E-state index contributed by atoms with van der Waals surface area (Å²) < 4.78 is 0. The van der Waals surface area contributed by atoms with Gasteiger partial charge in [0.25, 0.3) is 5.91 Å². The molecule has 7 heteroatoms. The molecule has 2 heterocycles. The van der Waals surface area contributed by atoms with Gasteiger partial charge in [0.05, 0.1) is 6.54 Å². The van der Waals surface area contributed by atoms with Gasteiger partial charge in [0.1, 0.15) is 31.2 Å². The van der Waals surface area contributed by atoms with E-state index < -0.39 is 0 Å². The summed E-state index contributed by atoms with van der Waals surface area (Å²) in [5.74, 6) is 0.0265. The minimum Gasteiger partial charge on any atom is -0.322 e. The van der Waals surface area contributed by atoms with Crippen molar-refractivity contribution in [2.75, 3.05) is 44.6 Å². The number of aromatic nitrogens is 2. The predicted octanol–water partition coefficient (Wildman–Crippen LogP) is -0.718. The number of amides is 1. The maximum Gasteiger partial charge on any atom is 0.281 e. The van der Waals surface area contributed by atoms with Crippen LogP contribution in [0, 0.1) is 6.92 Å². The normalized spacial score (nSPS) is 20.7. The number of nitrogens with zero attached hydrogens (tertiary/aromatic N) is 2. The molecule has 0 spiro atoms. The Morgan fingerprint density at radius 3 is 2.56 bits per heavy atom. The van der Waals surface area contributed by atoms with Crippen molar-refractivity contribution in [2.45, 2.75) is 6.92 Å². The highest BCUT2D eigenvalue weighted by molar-refractivity contribution is 7.15. The lowest BCUT2D eigenvalue weighted by atomic mass is 10.2. The molecule has 3 N–H and O–H groups in total. The number of hydrogen-bond acceptors (Lipinski definition) is 4. The Balaban J connectivity index is 1.37. The molecule has 1 fully saturated rings. The average Bonchev–Trinajstić information content (AvgIpc) is 3.02. The van der Waals surface area contributed by atoms with E-state index in [1.165, 1.54) is 21.8 Å². The first-order chi connectivity index (χ1) is 12.2. The summed E-state index contributed by atoms with van der Waals surface area (Å²) in [7, 11) is 0. The molecular weight excluding hydrogens is 334 g/mol. The molecule has 1 aliphatic rings. The van der Waals surface area contributed by atoms with E-state index in [0.29, 0.717) is 11.7 Å². The molecule has 0 saturated carbocycles. The molecule has 1 amide bonds. The van der Waals surface area contributed by atoms with E-state index in [-0.39, 0.29) is 5.91 Å². The molecule has 0 unspecified atom stereocenters. The number of rotatable bonds is 6. The lowest BCUT2D eigenvalue weighted by molar-refractivity contribution is -1.01. The molecule has 132 valence electrons. The zero-order chi connectivity index (χ0) is 17.5. The fourth-order valence-electron chi connectivity index (χ4n) is 3.00. The van der Waals surface area contributed by atoms with Gasteiger partial charge in [-0.05, 0) is 18.6 Å². The first kappa shape index (κ1) is 17.7. The van der Waals surface area contributed by atoms with Crippen molar-refractivity contribution >= 4 is 28.5 Å². The summed E-state index contributed by atoms with van der Waals surface area (Å²) in [4.78, 5) is 15.0. The van der Waals surface area contributed by atoms with Gasteiger partial charge in [0.2, 0.25) is 5.13 Å². The van der Waals surface area contributed by atoms with Crippen LogP contribution in [-0.4, -0.2) is 55.4 Å². The van der Waals surface area contributed by atoms with Gasteiger partial charge in [-0.3, -0.25) is 10.1 Å². The zero-order valence-corrected chi connectivity index (χ0v) is 15.3. The van der Waals surface area contributed by atoms with Gasteiger partial charge in [0.15, 0.2) is 6.54 Å². The number of benzene rings is 1. The highest BCUT2D eigenvalue weighted by atomic mass is 32.1. The topological polar surface area (TPSA) is 63.8 Å². The molecule has 1 aromatic carbocycles. The molecule has 3 rings (SSSR count). The average molecular weight is 359 g/mol. The van der Waals surface area contributed by atoms with Crippen molar-refractivity contribution in [3.8, 4) is 0 Å². The maximum atomic E-state index is 12.1. The predicted molar refractivity (Wildman–Crippen MR) is 99.9 cm³/mol. The lowest BCUT2D eigenvalue weighted by Crippen LogP contribution is -3.28. The Morgan fingerprint density at radius 1 is 1.16 bits per heavy atom. The number of piperazine rings is 1. The Labute approximate surface area is 152 Å². The highest BCUT2D eigenvalue weighted by Gasteiger charge is 2.24. The largest absolute Gasteiger partial charge is 0.322 e. The van der Waals surface area contributed by atoms with Gasteiger partial charge < -0.3 is 9.80 Å². The molecule has 0 bridgehead atoms. The Bertz CT molecular complexity index is 707. The van der Waals surface area contributed by atoms with Crippen LogP contribution in [0.4, 0.5) is 5.13 Å². The number of nitrogens with one attached hydrogen (secondary N) is 3. The van der Waals surface area contributed by atoms with Gasteiger partial charge in [-0.15, -0.1) is 10.2 Å². The highest BCUT2D eigenvalue weighted by Crippen LogP contribution is 2.12. The standard InChI is InChI=1S/C18H23N5OS/c1-15-20-21-18(25-15)19-17(24)14-23-12-10-22(11-13-23)9-5-8-16-6-3-2-4-7-16/h2-8H,9-14H2,1H3,(H,19,21,24)/p+2/b8-5+. The van der Waals surface area contributed by atoms with Crippen molar-refractivity contribution in [1.82, 2.24) is 10.2 Å². The number of hydrogen-bond donors (Lipinski definition) is 3. The van der Waals surface area contributed by atoms with Crippen molar-refractivity contribution < 1.29 is 14.6 Å². The number of carbonyl (C=O) groups is 1. The van der Waals surface area contributed by atoms with Gasteiger partial charge in [0, 0.05) is 0 Å². The molecule has 1 saturated heterocycles. The van der Waals surface area contributed by atoms with E-state index >= 15 is 0 Å². The van der Waals surface area contributed by atoms with Gasteiger partial charge in [-0.1, -0.05) is 47.7 Å². The minimum absolute atomic E-state index is 0.0265. The first-order valence-corrected chi connectivity index (χ1v) is 9.49. The molecule has 0 atom stereocenters. The van der Waals surface area contributed by atoms with Gasteiger partial charge in [-0.25, -0.2) is 0 Å². The molecule has 2 aromatic rings. The van der Waals surface area contributed by atoms with Crippen LogP contribution < -0.4 is 15.1 Å². The Hall–Kier alpha value is -2.09. The quantitative estimate of drug-likeness (QED) is 0.638. The van der Waals surface area contributed by atoms with Crippen molar-refractivity contribution in [3.05, 3.63) is 47.0 Å². The SMILES string of the molecule is Cc1nnc(NC(=O)C[NH+]2CC[NH+](C/C=C/c3ccccc3)CC2)s1. The smallest absolute Gasteiger partial charge is 0.281 e. The van der Waals surface area contributed by atoms with Crippen molar-refractivity contribution in [3.63, 3.8) is 0 Å². The van der Waals surface area contributed by atoms with Crippen LogP contribution in [0.25, 0.3) is 6.08 Å². The van der Waals surface area contributed by atoms with E-state index in [4.69, 9.17) is 0 Å². The number of aryl methyl sites for hydroxylation is 1. The minimum atomic E-state index is 0.0265. The fraction of sp³-hybridized carbons (Fsp3) is 0.389. The van der Waals surface area contributed by atoms with E-state index in [1.54, 1.807) is 4.90 Å². The summed E-state index contributed by atoms with van der Waals surface area (Å²) in [6.45, 7) is 7.67. The molecule has 0 radical (unpaired) electrons. The third-order valence-electron chi connectivity index (χ3n) is 4.36. The van der Waals surface area contributed by atoms with Crippen LogP contribution in [0.2, 0.25) is 0 Å². The third-order valence-corrected chi connectivity index (χ3v) is 5.12. The van der Waals surface area contributed by atoms with E-state index in [9.17, 15) is 4.79 Å². The van der Waals surface area contributed by atoms with Crippen LogP contribution in [0.3, 0.4) is 0 Å². The Morgan fingerprint density at radius 2 is 1.88 bits per heavy atom. The fourth-order valence-corrected chi connectivity index (χ4v) is 3.61. The summed E-state index contributed by atoms with van der Waals surface area (Å²) in [5.41, 5.74) is 1.25. The second-order valence-corrected chi connectivity index (χ2v) is 7.55. The summed E-state index contributed by atoms with van der Waals surface area (Å²) in [6, 6.07) is 10.4. The van der Waals surface area contributed by atoms with E-state index in [1.807, 2.05) is 13.0 Å². The second kappa shape index (κ2) is 8.84. The lowest BCUT2D eigenvalue weighted by Gasteiger charge is -2.28. The molecule has 0 aliphatic carbocycles. The van der Waals surface area contributed by atoms with Crippen LogP contribution in [0.1, 0.15) is 10.6 Å². The van der Waals surface area contributed by atoms with Crippen molar-refractivity contribution in [2.24, 2.45) is 0 Å². The summed E-state index contributed by atoms with van der Waals surface area (Å²) >= 11 is 1.41. The number of carbonyl (C=O) groups excluding carboxylic acids is 1. The molecular formula is C18H25N5OS+2. The van der Waals surface area contributed by atoms with Gasteiger partial charge in [-0.2, -0.15) is 0 Å². The van der Waals surface area contributed by atoms with Gasteiger partial charge >= 0.3 is 0 Å². The van der Waals surface area contributed by atoms with E-state index in [2.05, 4.69) is 51.9 Å². The molecule has 1 aromatic heterocycles. The molecule has 1 aliphatic heterocycles. The van der Waals surface area contributed by atoms with Crippen LogP contribution in [0.15, 0.2) is 36.4 Å². The Kier molecular flexibility index (Phi) is 6.27. The number of quaternary nitrogens is 2. The third kappa shape index (κ3) is 5.74. The summed E-state index contributed by atoms with van der Waals surface area (Å²) in [6.07, 6.45) is 4.43. The molecule has 6 nitrogen and oxygen atoms in total. The second-order valence-electron chi connectivity index (χ2n) is 6.37. The number of anilines is 1. The van der Waals surface area contributed by atoms with Crippen LogP contribution in [-0.2, 0) is 4.79 Å². The zero-order valence-electron chi connectivity index (χ0n) is 14.5. The van der Waals surface area contributed by atoms with Crippen molar-refractivity contribution in [1.29, 1.82) is 0 Å². The van der Waals surface area contributed by atoms with E-state index in [0.717, 1.165) is 37.7 Å². The van der Waals surface area contributed by atoms with Crippen LogP contribution in [0.5, 0.6) is 0 Å². The molecule has 25 heavy (non-hydrogen) atoms. The maximum absolute atomic E-state index is 12.1.